The van der Waals surface area contributed by atoms with Gasteiger partial charge in [0.1, 0.15) is 0 Å². The van der Waals surface area contributed by atoms with E-state index >= 15 is 0 Å². The third kappa shape index (κ3) is 3.09. The van der Waals surface area contributed by atoms with Crippen molar-refractivity contribution in [3.63, 3.8) is 0 Å². The van der Waals surface area contributed by atoms with Crippen LogP contribution in [0, 0.1) is 12.3 Å². The van der Waals surface area contributed by atoms with Crippen LogP contribution in [0.4, 0.5) is 0 Å². The van der Waals surface area contributed by atoms with Gasteiger partial charge < -0.3 is 15.2 Å². The summed E-state index contributed by atoms with van der Waals surface area (Å²) in [4.78, 5) is 2.49. The number of nitrogens with zero attached hydrogens (tertiary/aromatic N) is 2. The van der Waals surface area contributed by atoms with E-state index in [9.17, 15) is 0 Å². The van der Waals surface area contributed by atoms with Gasteiger partial charge in [0.15, 0.2) is 0 Å². The number of nitrogens with two attached hydrogens (primary N) is 1. The molecule has 1 atom stereocenters. The molecule has 0 spiro atoms. The van der Waals surface area contributed by atoms with Gasteiger partial charge in [-0.15, -0.1) is 0 Å². The normalized spacial score (nSPS) is 21.2. The highest BCUT2D eigenvalue weighted by Crippen LogP contribution is 2.40. The molecule has 0 aromatic carbocycles. The molecule has 2 N–H and O–H groups in total. The molecule has 1 aliphatic rings. The van der Waals surface area contributed by atoms with Crippen LogP contribution in [0.2, 0.25) is 0 Å². The SMILES string of the molecule is CCN(CC)CCn1c(C)cc2c1CC(C)(C)CC2N. The first-order valence-electron chi connectivity index (χ1n) is 8.04. The monoisotopic (exact) mass is 277 g/mol. The average Bonchev–Trinajstić information content (AvgIpc) is 2.66. The first-order chi connectivity index (χ1) is 9.38. The molecular weight excluding hydrogens is 246 g/mol. The molecule has 0 bridgehead atoms. The van der Waals surface area contributed by atoms with Gasteiger partial charge in [0.2, 0.25) is 0 Å². The van der Waals surface area contributed by atoms with Gasteiger partial charge in [-0.25, -0.2) is 0 Å². The number of fused-ring (bicyclic) bond motifs is 1. The summed E-state index contributed by atoms with van der Waals surface area (Å²) in [7, 11) is 0. The minimum absolute atomic E-state index is 0.210. The molecule has 20 heavy (non-hydrogen) atoms. The van der Waals surface area contributed by atoms with E-state index in [1.165, 1.54) is 17.0 Å². The second kappa shape index (κ2) is 5.90. The highest BCUT2D eigenvalue weighted by atomic mass is 15.1. The maximum absolute atomic E-state index is 6.39. The Bertz CT molecular complexity index is 455. The predicted molar refractivity (Wildman–Crippen MR) is 86.0 cm³/mol. The molecule has 0 saturated heterocycles. The number of hydrogen-bond acceptors (Lipinski definition) is 2. The minimum atomic E-state index is 0.210. The van der Waals surface area contributed by atoms with Crippen LogP contribution in [0.3, 0.4) is 0 Å². The smallest absolute Gasteiger partial charge is 0.0352 e. The van der Waals surface area contributed by atoms with Crippen molar-refractivity contribution in [3.05, 3.63) is 23.0 Å². The van der Waals surface area contributed by atoms with E-state index in [0.29, 0.717) is 5.41 Å². The molecule has 1 unspecified atom stereocenters. The summed E-state index contributed by atoms with van der Waals surface area (Å²) >= 11 is 0. The summed E-state index contributed by atoms with van der Waals surface area (Å²) in [6.45, 7) is 15.9. The lowest BCUT2D eigenvalue weighted by Gasteiger charge is -2.35. The van der Waals surface area contributed by atoms with Crippen molar-refractivity contribution >= 4 is 0 Å². The van der Waals surface area contributed by atoms with E-state index in [-0.39, 0.29) is 6.04 Å². The number of aromatic nitrogens is 1. The minimum Gasteiger partial charge on any atom is -0.347 e. The van der Waals surface area contributed by atoms with Crippen LogP contribution in [0.15, 0.2) is 6.07 Å². The summed E-state index contributed by atoms with van der Waals surface area (Å²) < 4.78 is 2.51. The molecule has 1 aromatic heterocycles. The predicted octanol–water partition coefficient (Wildman–Crippen LogP) is 3.11. The molecule has 0 saturated carbocycles. The largest absolute Gasteiger partial charge is 0.347 e. The van der Waals surface area contributed by atoms with Crippen LogP contribution in [-0.4, -0.2) is 29.1 Å². The van der Waals surface area contributed by atoms with Gasteiger partial charge >= 0.3 is 0 Å². The van der Waals surface area contributed by atoms with Crippen molar-refractivity contribution in [2.24, 2.45) is 11.1 Å². The number of hydrogen-bond donors (Lipinski definition) is 1. The Morgan fingerprint density at radius 3 is 2.60 bits per heavy atom. The van der Waals surface area contributed by atoms with Gasteiger partial charge in [-0.3, -0.25) is 0 Å². The van der Waals surface area contributed by atoms with E-state index < -0.39 is 0 Å². The average molecular weight is 277 g/mol. The molecule has 0 aliphatic heterocycles. The molecule has 3 nitrogen and oxygen atoms in total. The van der Waals surface area contributed by atoms with Gasteiger partial charge in [0, 0.05) is 30.5 Å². The van der Waals surface area contributed by atoms with Crippen molar-refractivity contribution in [2.75, 3.05) is 19.6 Å². The Labute approximate surface area is 124 Å². The van der Waals surface area contributed by atoms with E-state index in [4.69, 9.17) is 5.73 Å². The topological polar surface area (TPSA) is 34.2 Å². The Morgan fingerprint density at radius 1 is 1.35 bits per heavy atom. The molecule has 1 aliphatic carbocycles. The van der Waals surface area contributed by atoms with Crippen molar-refractivity contribution in [1.29, 1.82) is 0 Å². The highest BCUT2D eigenvalue weighted by Gasteiger charge is 2.33. The summed E-state index contributed by atoms with van der Waals surface area (Å²) in [5.74, 6) is 0. The zero-order chi connectivity index (χ0) is 14.9. The second-order valence-electron chi connectivity index (χ2n) is 7.02. The molecule has 0 amide bonds. The summed E-state index contributed by atoms with van der Waals surface area (Å²) in [5, 5.41) is 0. The zero-order valence-corrected chi connectivity index (χ0v) is 13.9. The quantitative estimate of drug-likeness (QED) is 0.897. The summed E-state index contributed by atoms with van der Waals surface area (Å²) in [6, 6.07) is 2.53. The van der Waals surface area contributed by atoms with Gasteiger partial charge in [-0.1, -0.05) is 27.7 Å². The molecule has 3 heteroatoms. The van der Waals surface area contributed by atoms with Crippen LogP contribution < -0.4 is 5.73 Å². The van der Waals surface area contributed by atoms with Crippen molar-refractivity contribution < 1.29 is 0 Å². The van der Waals surface area contributed by atoms with Crippen LogP contribution >= 0.6 is 0 Å². The Balaban J connectivity index is 2.22. The summed E-state index contributed by atoms with van der Waals surface area (Å²) in [6.07, 6.45) is 2.25. The maximum atomic E-state index is 6.39. The van der Waals surface area contributed by atoms with Gasteiger partial charge in [-0.2, -0.15) is 0 Å². The lowest BCUT2D eigenvalue weighted by Crippen LogP contribution is -2.32. The third-order valence-corrected chi connectivity index (χ3v) is 4.80. The maximum Gasteiger partial charge on any atom is 0.0352 e. The summed E-state index contributed by atoms with van der Waals surface area (Å²) in [5.41, 5.74) is 11.0. The number of aryl methyl sites for hydroxylation is 1. The molecule has 2 rings (SSSR count). The molecular formula is C17H31N3. The third-order valence-electron chi connectivity index (χ3n) is 4.80. The van der Waals surface area contributed by atoms with E-state index in [0.717, 1.165) is 39.0 Å². The van der Waals surface area contributed by atoms with Gasteiger partial charge in [0.05, 0.1) is 0 Å². The molecule has 1 aromatic rings. The van der Waals surface area contributed by atoms with E-state index in [1.807, 2.05) is 0 Å². The Hall–Kier alpha value is -0.800. The molecule has 1 heterocycles. The highest BCUT2D eigenvalue weighted by molar-refractivity contribution is 5.34. The van der Waals surface area contributed by atoms with Crippen LogP contribution in [0.1, 0.15) is 57.1 Å². The first kappa shape index (κ1) is 15.6. The van der Waals surface area contributed by atoms with Gasteiger partial charge in [-0.05, 0) is 49.9 Å². The van der Waals surface area contributed by atoms with Crippen LogP contribution in [0.5, 0.6) is 0 Å². The molecule has 114 valence electrons. The van der Waals surface area contributed by atoms with Crippen molar-refractivity contribution in [1.82, 2.24) is 9.47 Å². The fraction of sp³-hybridized carbons (Fsp3) is 0.765. The van der Waals surface area contributed by atoms with Gasteiger partial charge in [0.25, 0.3) is 0 Å². The lowest BCUT2D eigenvalue weighted by atomic mass is 9.74. The molecule has 0 fully saturated rings. The van der Waals surface area contributed by atoms with Crippen molar-refractivity contribution in [2.45, 2.75) is 60.0 Å². The first-order valence-corrected chi connectivity index (χ1v) is 8.04. The standard InChI is InChI=1S/C17H31N3/c1-6-19(7-2)8-9-20-13(3)10-14-15(18)11-17(4,5)12-16(14)20/h10,15H,6-9,11-12,18H2,1-5H3. The molecule has 0 radical (unpaired) electrons. The van der Waals surface area contributed by atoms with Crippen molar-refractivity contribution in [3.8, 4) is 0 Å². The van der Waals surface area contributed by atoms with Crippen LogP contribution in [0.25, 0.3) is 0 Å². The Morgan fingerprint density at radius 2 is 2.00 bits per heavy atom. The fourth-order valence-electron chi connectivity index (χ4n) is 3.60. The number of rotatable bonds is 5. The zero-order valence-electron chi connectivity index (χ0n) is 13.9. The van der Waals surface area contributed by atoms with Crippen LogP contribution in [-0.2, 0) is 13.0 Å². The van der Waals surface area contributed by atoms with E-state index in [2.05, 4.69) is 50.2 Å². The lowest BCUT2D eigenvalue weighted by molar-refractivity contribution is 0.263. The van der Waals surface area contributed by atoms with E-state index in [1.54, 1.807) is 0 Å². The second-order valence-corrected chi connectivity index (χ2v) is 7.02. The Kier molecular flexibility index (Phi) is 4.60. The number of likely N-dealkylation sites (N-methyl/N-ethyl adjacent to an activating group) is 1. The fourth-order valence-corrected chi connectivity index (χ4v) is 3.60.